The van der Waals surface area contributed by atoms with Crippen LogP contribution in [0.4, 0.5) is 10.5 Å². The zero-order valence-corrected chi connectivity index (χ0v) is 28.0. The Labute approximate surface area is 278 Å². The molecule has 0 saturated heterocycles. The average molecular weight is 635 g/mol. The molecule has 3 aromatic carbocycles. The number of para-hydroxylation sites is 1. The summed E-state index contributed by atoms with van der Waals surface area (Å²) in [7, 11) is 0. The van der Waals surface area contributed by atoms with Crippen LogP contribution >= 0.6 is 0 Å². The van der Waals surface area contributed by atoms with E-state index < -0.39 is 40.9 Å². The normalized spacial score (nSPS) is 21.5. The molecule has 47 heavy (non-hydrogen) atoms. The maximum absolute atomic E-state index is 15.4. The molecule has 0 bridgehead atoms. The molecule has 0 radical (unpaired) electrons. The molecule has 0 saturated carbocycles. The molecule has 3 aliphatic heterocycles. The molecule has 0 aromatic heterocycles. The van der Waals surface area contributed by atoms with Crippen molar-refractivity contribution in [1.29, 1.82) is 0 Å². The molecular weight excluding hydrogens is 588 g/mol. The van der Waals surface area contributed by atoms with Crippen LogP contribution in [0.1, 0.15) is 94.5 Å². The number of rotatable bonds is 9. The van der Waals surface area contributed by atoms with E-state index in [0.717, 1.165) is 60.8 Å². The third-order valence-electron chi connectivity index (χ3n) is 9.66. The quantitative estimate of drug-likeness (QED) is 0.174. The molecule has 1 spiro atoms. The number of carbonyl (C=O) groups is 3. The minimum absolute atomic E-state index is 0.0899. The third-order valence-corrected chi connectivity index (χ3v) is 9.66. The number of hydrogen-bond donors (Lipinski definition) is 0. The maximum Gasteiger partial charge on any atom is 0.421 e. The minimum atomic E-state index is -1.45. The highest BCUT2D eigenvalue weighted by Crippen LogP contribution is 2.61. The number of anilines is 1. The summed E-state index contributed by atoms with van der Waals surface area (Å²) in [6, 6.07) is 24.7. The molecule has 3 heterocycles. The van der Waals surface area contributed by atoms with Crippen molar-refractivity contribution in [1.82, 2.24) is 4.90 Å². The Balaban J connectivity index is 1.54. The summed E-state index contributed by atoms with van der Waals surface area (Å²) in [5.41, 5.74) is 2.72. The van der Waals surface area contributed by atoms with Gasteiger partial charge in [0.15, 0.2) is 0 Å². The third kappa shape index (κ3) is 6.08. The van der Waals surface area contributed by atoms with E-state index in [4.69, 9.17) is 9.47 Å². The largest absolute Gasteiger partial charge is 0.460 e. The van der Waals surface area contributed by atoms with Crippen LogP contribution in [0.15, 0.2) is 90.6 Å². The molecule has 3 atom stereocenters. The van der Waals surface area contributed by atoms with Crippen LogP contribution < -0.4 is 4.90 Å². The molecule has 3 aromatic rings. The second-order valence-electron chi connectivity index (χ2n) is 14.0. The van der Waals surface area contributed by atoms with E-state index >= 15 is 4.79 Å². The fourth-order valence-corrected chi connectivity index (χ4v) is 7.72. The molecule has 0 aliphatic carbocycles. The molecular formula is C40H46N2O5. The van der Waals surface area contributed by atoms with E-state index in [1.807, 2.05) is 60.7 Å². The van der Waals surface area contributed by atoms with E-state index in [0.29, 0.717) is 24.2 Å². The molecule has 246 valence electrons. The Morgan fingerprint density at radius 3 is 2.36 bits per heavy atom. The van der Waals surface area contributed by atoms with Crippen molar-refractivity contribution in [2.75, 3.05) is 11.4 Å². The minimum Gasteiger partial charge on any atom is -0.460 e. The van der Waals surface area contributed by atoms with Crippen molar-refractivity contribution in [3.05, 3.63) is 113 Å². The van der Waals surface area contributed by atoms with Crippen molar-refractivity contribution in [2.45, 2.75) is 96.3 Å². The van der Waals surface area contributed by atoms with E-state index in [-0.39, 0.29) is 6.61 Å². The van der Waals surface area contributed by atoms with Gasteiger partial charge in [0.25, 0.3) is 5.91 Å². The summed E-state index contributed by atoms with van der Waals surface area (Å²) in [6.07, 6.45) is 8.21. The lowest BCUT2D eigenvalue weighted by Crippen LogP contribution is -2.60. The van der Waals surface area contributed by atoms with E-state index in [1.54, 1.807) is 26.8 Å². The predicted molar refractivity (Wildman–Crippen MR) is 183 cm³/mol. The first-order valence-corrected chi connectivity index (χ1v) is 17.1. The van der Waals surface area contributed by atoms with Crippen LogP contribution in [0.5, 0.6) is 0 Å². The van der Waals surface area contributed by atoms with Crippen LogP contribution in [0.25, 0.3) is 0 Å². The summed E-state index contributed by atoms with van der Waals surface area (Å²) in [6.45, 7) is 8.34. The highest BCUT2D eigenvalue weighted by atomic mass is 16.6. The van der Waals surface area contributed by atoms with Gasteiger partial charge in [0, 0.05) is 6.54 Å². The van der Waals surface area contributed by atoms with E-state index in [2.05, 4.69) is 30.2 Å². The van der Waals surface area contributed by atoms with E-state index in [9.17, 15) is 9.59 Å². The van der Waals surface area contributed by atoms with Crippen LogP contribution in [-0.2, 0) is 37.5 Å². The summed E-state index contributed by atoms with van der Waals surface area (Å²) < 4.78 is 12.0. The topological polar surface area (TPSA) is 76.2 Å². The van der Waals surface area contributed by atoms with Gasteiger partial charge in [-0.25, -0.2) is 9.69 Å². The smallest absolute Gasteiger partial charge is 0.421 e. The molecule has 0 fully saturated rings. The first kappa shape index (κ1) is 32.5. The van der Waals surface area contributed by atoms with Gasteiger partial charge in [-0.2, -0.15) is 0 Å². The van der Waals surface area contributed by atoms with Gasteiger partial charge in [-0.15, -0.1) is 0 Å². The number of ether oxygens (including phenoxy) is 2. The fraction of sp³-hybridized carbons (Fsp3) is 0.425. The molecule has 6 rings (SSSR count). The second kappa shape index (κ2) is 13.4. The van der Waals surface area contributed by atoms with Gasteiger partial charge < -0.3 is 14.4 Å². The van der Waals surface area contributed by atoms with Crippen molar-refractivity contribution >= 4 is 23.7 Å². The Bertz CT molecular complexity index is 1660. The number of amides is 2. The maximum atomic E-state index is 15.4. The van der Waals surface area contributed by atoms with Crippen LogP contribution in [0.3, 0.4) is 0 Å². The first-order chi connectivity index (χ1) is 22.7. The SMILES string of the molecule is CCCCCCCC1=CN2CCc3ccccc3[C@@H]2[C@]2(C(=O)N(C(=O)OC(C)(C)C)c3ccccc32)[C@@H]1C(=O)OCc1ccccc1. The van der Waals surface area contributed by atoms with Crippen molar-refractivity contribution in [3.8, 4) is 0 Å². The van der Waals surface area contributed by atoms with Crippen LogP contribution in [0.2, 0.25) is 0 Å². The number of benzene rings is 3. The van der Waals surface area contributed by atoms with Gasteiger partial charge in [0.05, 0.1) is 11.7 Å². The lowest BCUT2D eigenvalue weighted by Gasteiger charge is -2.53. The highest BCUT2D eigenvalue weighted by molar-refractivity contribution is 6.23. The average Bonchev–Trinajstić information content (AvgIpc) is 3.31. The van der Waals surface area contributed by atoms with Gasteiger partial charge in [-0.1, -0.05) is 105 Å². The Hall–Kier alpha value is -4.39. The number of nitrogens with zero attached hydrogens (tertiary/aromatic N) is 2. The molecule has 0 unspecified atom stereocenters. The summed E-state index contributed by atoms with van der Waals surface area (Å²) in [4.78, 5) is 47.6. The summed E-state index contributed by atoms with van der Waals surface area (Å²) >= 11 is 0. The van der Waals surface area contributed by atoms with E-state index in [1.165, 1.54) is 4.90 Å². The molecule has 7 heteroatoms. The second-order valence-corrected chi connectivity index (χ2v) is 14.0. The zero-order valence-electron chi connectivity index (χ0n) is 28.0. The number of imide groups is 1. The van der Waals surface area contributed by atoms with Crippen LogP contribution in [0, 0.1) is 5.92 Å². The monoisotopic (exact) mass is 634 g/mol. The lowest BCUT2D eigenvalue weighted by atomic mass is 9.58. The summed E-state index contributed by atoms with van der Waals surface area (Å²) in [5, 5.41) is 0. The number of unbranched alkanes of at least 4 members (excludes halogenated alkanes) is 4. The number of carbonyl (C=O) groups excluding carboxylic acids is 3. The molecule has 2 amide bonds. The lowest BCUT2D eigenvalue weighted by molar-refractivity contribution is -0.156. The Morgan fingerprint density at radius 1 is 0.894 bits per heavy atom. The Morgan fingerprint density at radius 2 is 1.60 bits per heavy atom. The van der Waals surface area contributed by atoms with Gasteiger partial charge >= 0.3 is 12.1 Å². The highest BCUT2D eigenvalue weighted by Gasteiger charge is 2.68. The zero-order chi connectivity index (χ0) is 33.2. The standard InChI is InChI=1S/C40H46N2O5/c1-5-6-7-8-12-20-30-26-41-25-24-29-19-13-14-21-31(29)35(41)40(34(30)36(43)46-27-28-17-10-9-11-18-28)32-22-15-16-23-33(32)42(37(40)44)38(45)47-39(2,3)4/h9-11,13-19,21-23,26,34-35H,5-8,12,20,24-25,27H2,1-4H3/t34-,35+,40+/m0/s1. The number of esters is 1. The fourth-order valence-electron chi connectivity index (χ4n) is 7.72. The van der Waals surface area contributed by atoms with Gasteiger partial charge in [0.2, 0.25) is 0 Å². The molecule has 0 N–H and O–H groups in total. The van der Waals surface area contributed by atoms with Gasteiger partial charge in [-0.3, -0.25) is 9.59 Å². The van der Waals surface area contributed by atoms with Gasteiger partial charge in [0.1, 0.15) is 23.5 Å². The van der Waals surface area contributed by atoms with Gasteiger partial charge in [-0.05, 0) is 80.1 Å². The molecule has 7 nitrogen and oxygen atoms in total. The molecule has 3 aliphatic rings. The first-order valence-electron chi connectivity index (χ1n) is 17.1. The van der Waals surface area contributed by atoms with Crippen LogP contribution in [-0.4, -0.2) is 35.0 Å². The Kier molecular flexibility index (Phi) is 9.27. The van der Waals surface area contributed by atoms with Crippen molar-refractivity contribution in [3.63, 3.8) is 0 Å². The number of hydrogen-bond acceptors (Lipinski definition) is 6. The van der Waals surface area contributed by atoms with Crippen molar-refractivity contribution in [2.24, 2.45) is 5.92 Å². The predicted octanol–water partition coefficient (Wildman–Crippen LogP) is 8.42. The summed E-state index contributed by atoms with van der Waals surface area (Å²) in [5.74, 6) is -1.84. The van der Waals surface area contributed by atoms with Crippen molar-refractivity contribution < 1.29 is 23.9 Å². The number of fused-ring (bicyclic) bond motifs is 6.